The molecule has 0 aliphatic rings. The molecule has 0 fully saturated rings. The lowest BCUT2D eigenvalue weighted by atomic mass is 10.1. The number of aliphatic carboxylic acids is 1. The summed E-state index contributed by atoms with van der Waals surface area (Å²) in [6.07, 6.45) is 0.0634. The monoisotopic (exact) mass is 341 g/mol. The van der Waals surface area contributed by atoms with Crippen molar-refractivity contribution in [1.29, 1.82) is 0 Å². The number of carbonyl (C=O) groups is 2. The van der Waals surface area contributed by atoms with E-state index in [2.05, 4.69) is 6.07 Å². The highest BCUT2D eigenvalue weighted by molar-refractivity contribution is 5.70. The van der Waals surface area contributed by atoms with Crippen molar-refractivity contribution in [1.82, 2.24) is 4.90 Å². The number of nitrogens with zero attached hydrogens (tertiary/aromatic N) is 1. The second-order valence-electron chi connectivity index (χ2n) is 5.91. The zero-order valence-corrected chi connectivity index (χ0v) is 14.4. The molecule has 0 aliphatic heterocycles. The minimum Gasteiger partial charge on any atom is -0.481 e. The van der Waals surface area contributed by atoms with Gasteiger partial charge in [0.05, 0.1) is 6.42 Å². The van der Waals surface area contributed by atoms with Crippen LogP contribution < -0.4 is 0 Å². The van der Waals surface area contributed by atoms with E-state index in [1.807, 2.05) is 55.5 Å². The van der Waals surface area contributed by atoms with Crippen LogP contribution >= 0.6 is 0 Å². The molecule has 2 aromatic carbocycles. The lowest BCUT2D eigenvalue weighted by molar-refractivity contribution is -0.137. The number of hydrogen-bond donors (Lipinski definition) is 1. The molecule has 0 spiro atoms. The van der Waals surface area contributed by atoms with Crippen molar-refractivity contribution < 1.29 is 19.4 Å². The molecule has 2 aromatic rings. The third kappa shape index (κ3) is 6.67. The Morgan fingerprint density at radius 1 is 1.00 bits per heavy atom. The predicted molar refractivity (Wildman–Crippen MR) is 95.3 cm³/mol. The number of carboxylic acid groups (broad SMARTS) is 1. The lowest BCUT2D eigenvalue weighted by Gasteiger charge is -2.21. The van der Waals surface area contributed by atoms with E-state index < -0.39 is 12.1 Å². The second kappa shape index (κ2) is 9.47. The molecule has 25 heavy (non-hydrogen) atoms. The summed E-state index contributed by atoms with van der Waals surface area (Å²) in [4.78, 5) is 24.6. The van der Waals surface area contributed by atoms with Crippen LogP contribution in [0.3, 0.4) is 0 Å². The van der Waals surface area contributed by atoms with Gasteiger partial charge in [-0.1, -0.05) is 60.2 Å². The fourth-order valence-electron chi connectivity index (χ4n) is 2.47. The Morgan fingerprint density at radius 3 is 2.40 bits per heavy atom. The molecule has 1 amide bonds. The number of hydrogen-bond acceptors (Lipinski definition) is 3. The van der Waals surface area contributed by atoms with E-state index in [9.17, 15) is 9.59 Å². The Hall–Kier alpha value is -2.82. The van der Waals surface area contributed by atoms with Gasteiger partial charge in [0, 0.05) is 13.1 Å². The number of ether oxygens (including phenoxy) is 1. The van der Waals surface area contributed by atoms with Gasteiger partial charge in [-0.2, -0.15) is 0 Å². The molecule has 132 valence electrons. The largest absolute Gasteiger partial charge is 0.481 e. The average molecular weight is 341 g/mol. The summed E-state index contributed by atoms with van der Waals surface area (Å²) in [6.45, 7) is 2.74. The molecule has 2 rings (SSSR count). The van der Waals surface area contributed by atoms with Gasteiger partial charge in [-0.3, -0.25) is 4.79 Å². The molecule has 0 aliphatic carbocycles. The van der Waals surface area contributed by atoms with Crippen LogP contribution in [0.4, 0.5) is 4.79 Å². The van der Waals surface area contributed by atoms with Crippen LogP contribution in [-0.2, 0) is 22.6 Å². The number of carbonyl (C=O) groups excluding carboxylic acids is 1. The first kappa shape index (κ1) is 18.5. The molecule has 0 radical (unpaired) electrons. The van der Waals surface area contributed by atoms with Gasteiger partial charge in [0.2, 0.25) is 0 Å². The molecule has 0 saturated heterocycles. The highest BCUT2D eigenvalue weighted by Gasteiger charge is 2.16. The maximum atomic E-state index is 12.3. The summed E-state index contributed by atoms with van der Waals surface area (Å²) in [5.41, 5.74) is 3.16. The van der Waals surface area contributed by atoms with Crippen molar-refractivity contribution in [3.05, 3.63) is 71.3 Å². The van der Waals surface area contributed by atoms with Crippen molar-refractivity contribution in [3.8, 4) is 0 Å². The molecule has 5 heteroatoms. The first-order valence-corrected chi connectivity index (χ1v) is 8.27. The first-order chi connectivity index (χ1) is 12.0. The van der Waals surface area contributed by atoms with E-state index >= 15 is 0 Å². The van der Waals surface area contributed by atoms with E-state index in [4.69, 9.17) is 9.84 Å². The van der Waals surface area contributed by atoms with Gasteiger partial charge in [-0.25, -0.2) is 4.79 Å². The minimum absolute atomic E-state index is 0.103. The Labute approximate surface area is 147 Å². The highest BCUT2D eigenvalue weighted by Crippen LogP contribution is 2.08. The van der Waals surface area contributed by atoms with Gasteiger partial charge in [-0.05, 0) is 24.5 Å². The third-order valence-electron chi connectivity index (χ3n) is 3.81. The average Bonchev–Trinajstić information content (AvgIpc) is 2.60. The van der Waals surface area contributed by atoms with Gasteiger partial charge in [0.1, 0.15) is 6.61 Å². The number of aryl methyl sites for hydroxylation is 1. The lowest BCUT2D eigenvalue weighted by Crippen LogP contribution is -2.35. The van der Waals surface area contributed by atoms with Crippen LogP contribution in [0.25, 0.3) is 0 Å². The molecule has 0 saturated carbocycles. The van der Waals surface area contributed by atoms with E-state index in [0.717, 1.165) is 16.7 Å². The molecule has 0 bridgehead atoms. The summed E-state index contributed by atoms with van der Waals surface area (Å²) < 4.78 is 5.33. The van der Waals surface area contributed by atoms with Crippen molar-refractivity contribution in [2.45, 2.75) is 26.4 Å². The van der Waals surface area contributed by atoms with Crippen LogP contribution in [0, 0.1) is 6.92 Å². The standard InChI is InChI=1S/C20H23NO4/c1-16-6-5-9-17(14-16)10-12-21(13-11-19(22)23)20(24)25-15-18-7-3-2-4-8-18/h2-9,14H,10-13,15H2,1H3,(H,22,23). The molecule has 0 aromatic heterocycles. The maximum absolute atomic E-state index is 12.3. The molecule has 0 atom stereocenters. The normalized spacial score (nSPS) is 10.3. The topological polar surface area (TPSA) is 66.8 Å². The minimum atomic E-state index is -0.934. The van der Waals surface area contributed by atoms with E-state index in [1.165, 1.54) is 4.90 Å². The van der Waals surface area contributed by atoms with Crippen LogP contribution in [-0.4, -0.2) is 35.2 Å². The van der Waals surface area contributed by atoms with E-state index in [1.54, 1.807) is 0 Å². The predicted octanol–water partition coefficient (Wildman–Crippen LogP) is 3.65. The van der Waals surface area contributed by atoms with Crippen molar-refractivity contribution in [3.63, 3.8) is 0 Å². The van der Waals surface area contributed by atoms with E-state index in [-0.39, 0.29) is 19.6 Å². The van der Waals surface area contributed by atoms with Crippen molar-refractivity contribution in [2.75, 3.05) is 13.1 Å². The number of benzene rings is 2. The summed E-state index contributed by atoms with van der Waals surface area (Å²) in [5, 5.41) is 8.89. The molecule has 5 nitrogen and oxygen atoms in total. The van der Waals surface area contributed by atoms with Crippen LogP contribution in [0.2, 0.25) is 0 Å². The van der Waals surface area contributed by atoms with Crippen molar-refractivity contribution in [2.24, 2.45) is 0 Å². The number of amides is 1. The molecule has 0 heterocycles. The number of carboxylic acids is 1. The summed E-state index contributed by atoms with van der Waals surface area (Å²) in [5.74, 6) is -0.934. The second-order valence-corrected chi connectivity index (χ2v) is 5.91. The zero-order valence-electron chi connectivity index (χ0n) is 14.4. The summed E-state index contributed by atoms with van der Waals surface area (Å²) >= 11 is 0. The maximum Gasteiger partial charge on any atom is 0.410 e. The fourth-order valence-corrected chi connectivity index (χ4v) is 2.47. The molecular weight excluding hydrogens is 318 g/mol. The van der Waals surface area contributed by atoms with Gasteiger partial charge in [-0.15, -0.1) is 0 Å². The summed E-state index contributed by atoms with van der Waals surface area (Å²) in [7, 11) is 0. The Bertz CT molecular complexity index is 700. The van der Waals surface area contributed by atoms with Gasteiger partial charge in [0.15, 0.2) is 0 Å². The highest BCUT2D eigenvalue weighted by atomic mass is 16.6. The van der Waals surface area contributed by atoms with E-state index in [0.29, 0.717) is 13.0 Å². The van der Waals surface area contributed by atoms with Crippen LogP contribution in [0.5, 0.6) is 0 Å². The summed E-state index contributed by atoms with van der Waals surface area (Å²) in [6, 6.07) is 17.4. The van der Waals surface area contributed by atoms with Crippen LogP contribution in [0.15, 0.2) is 54.6 Å². The Balaban J connectivity index is 1.93. The quantitative estimate of drug-likeness (QED) is 0.796. The van der Waals surface area contributed by atoms with Gasteiger partial charge >= 0.3 is 12.1 Å². The first-order valence-electron chi connectivity index (χ1n) is 8.27. The Kier molecular flexibility index (Phi) is 7.01. The Morgan fingerprint density at radius 2 is 1.72 bits per heavy atom. The SMILES string of the molecule is Cc1cccc(CCN(CCC(=O)O)C(=O)OCc2ccccc2)c1. The molecule has 0 unspecified atom stereocenters. The zero-order chi connectivity index (χ0) is 18.1. The third-order valence-corrected chi connectivity index (χ3v) is 3.81. The molecular formula is C20H23NO4. The van der Waals surface area contributed by atoms with Crippen molar-refractivity contribution >= 4 is 12.1 Å². The molecule has 1 N–H and O–H groups in total. The smallest absolute Gasteiger partial charge is 0.410 e. The fraction of sp³-hybridized carbons (Fsp3) is 0.300. The van der Waals surface area contributed by atoms with Gasteiger partial charge < -0.3 is 14.7 Å². The van der Waals surface area contributed by atoms with Crippen LogP contribution in [0.1, 0.15) is 23.1 Å². The van der Waals surface area contributed by atoms with Gasteiger partial charge in [0.25, 0.3) is 0 Å². The number of rotatable bonds is 8.